The van der Waals surface area contributed by atoms with Crippen LogP contribution in [-0.2, 0) is 11.3 Å². The number of thiophene rings is 1. The van der Waals surface area contributed by atoms with Gasteiger partial charge in [0.05, 0.1) is 18.1 Å². The SMILES string of the molecule is C[C@@H](Sc1nnc(-c2ccco2)o1)C(=O)NCc1cccs1. The lowest BCUT2D eigenvalue weighted by Gasteiger charge is -2.08. The van der Waals surface area contributed by atoms with Crippen molar-refractivity contribution < 1.29 is 13.6 Å². The summed E-state index contributed by atoms with van der Waals surface area (Å²) in [7, 11) is 0. The van der Waals surface area contributed by atoms with Crippen molar-refractivity contribution in [2.24, 2.45) is 0 Å². The van der Waals surface area contributed by atoms with Gasteiger partial charge >= 0.3 is 0 Å². The largest absolute Gasteiger partial charge is 0.459 e. The molecule has 0 bridgehead atoms. The van der Waals surface area contributed by atoms with Crippen LogP contribution in [0.4, 0.5) is 0 Å². The molecule has 0 spiro atoms. The molecule has 8 heteroatoms. The maximum absolute atomic E-state index is 12.0. The van der Waals surface area contributed by atoms with E-state index in [0.717, 1.165) is 4.88 Å². The van der Waals surface area contributed by atoms with Crippen LogP contribution in [0.3, 0.4) is 0 Å². The van der Waals surface area contributed by atoms with E-state index in [1.54, 1.807) is 30.4 Å². The van der Waals surface area contributed by atoms with E-state index in [1.807, 2.05) is 17.5 Å². The molecule has 0 aliphatic carbocycles. The molecule has 1 amide bonds. The van der Waals surface area contributed by atoms with Gasteiger partial charge in [-0.3, -0.25) is 4.79 Å². The first-order chi connectivity index (χ1) is 10.7. The predicted molar refractivity (Wildman–Crippen MR) is 83.5 cm³/mol. The molecule has 114 valence electrons. The molecule has 0 aliphatic rings. The number of amides is 1. The van der Waals surface area contributed by atoms with E-state index in [1.165, 1.54) is 18.0 Å². The van der Waals surface area contributed by atoms with E-state index in [9.17, 15) is 4.79 Å². The Hall–Kier alpha value is -2.06. The van der Waals surface area contributed by atoms with Gasteiger partial charge in [-0.25, -0.2) is 0 Å². The van der Waals surface area contributed by atoms with Gasteiger partial charge in [0.15, 0.2) is 5.76 Å². The Kier molecular flexibility index (Phi) is 4.59. The molecule has 3 aromatic heterocycles. The number of rotatable bonds is 6. The molecule has 0 saturated carbocycles. The zero-order valence-electron chi connectivity index (χ0n) is 11.7. The highest BCUT2D eigenvalue weighted by Gasteiger charge is 2.19. The fourth-order valence-corrected chi connectivity index (χ4v) is 3.05. The second-order valence-electron chi connectivity index (χ2n) is 4.41. The van der Waals surface area contributed by atoms with Crippen LogP contribution in [0.1, 0.15) is 11.8 Å². The first kappa shape index (κ1) is 14.9. The summed E-state index contributed by atoms with van der Waals surface area (Å²) in [6, 6.07) is 7.42. The van der Waals surface area contributed by atoms with Crippen molar-refractivity contribution in [3.8, 4) is 11.7 Å². The summed E-state index contributed by atoms with van der Waals surface area (Å²) in [6.07, 6.45) is 1.53. The van der Waals surface area contributed by atoms with Crippen molar-refractivity contribution in [3.63, 3.8) is 0 Å². The van der Waals surface area contributed by atoms with E-state index in [-0.39, 0.29) is 11.2 Å². The van der Waals surface area contributed by atoms with Crippen molar-refractivity contribution in [1.82, 2.24) is 15.5 Å². The number of thioether (sulfide) groups is 1. The lowest BCUT2D eigenvalue weighted by Crippen LogP contribution is -2.30. The van der Waals surface area contributed by atoms with Gasteiger partial charge in [-0.15, -0.1) is 21.5 Å². The third-order valence-corrected chi connectivity index (χ3v) is 4.61. The summed E-state index contributed by atoms with van der Waals surface area (Å²) in [4.78, 5) is 13.2. The number of carbonyl (C=O) groups excluding carboxylic acids is 1. The maximum atomic E-state index is 12.0. The lowest BCUT2D eigenvalue weighted by molar-refractivity contribution is -0.120. The monoisotopic (exact) mass is 335 g/mol. The molecule has 1 N–H and O–H groups in total. The Bertz CT molecular complexity index is 722. The summed E-state index contributed by atoms with van der Waals surface area (Å²) in [5.41, 5.74) is 0. The molecule has 0 radical (unpaired) electrons. The molecule has 22 heavy (non-hydrogen) atoms. The van der Waals surface area contributed by atoms with E-state index >= 15 is 0 Å². The standard InChI is InChI=1S/C14H13N3O3S2/c1-9(12(18)15-8-10-4-3-7-21-10)22-14-17-16-13(20-14)11-5-2-6-19-11/h2-7,9H,8H2,1H3,(H,15,18)/t9-/m1/s1. The highest BCUT2D eigenvalue weighted by Crippen LogP contribution is 2.26. The van der Waals surface area contributed by atoms with Crippen LogP contribution in [0.15, 0.2) is 50.0 Å². The molecule has 0 saturated heterocycles. The Balaban J connectivity index is 1.54. The Morgan fingerprint density at radius 3 is 3.05 bits per heavy atom. The van der Waals surface area contributed by atoms with Crippen LogP contribution in [0.5, 0.6) is 0 Å². The highest BCUT2D eigenvalue weighted by molar-refractivity contribution is 8.00. The van der Waals surface area contributed by atoms with Crippen LogP contribution in [0.2, 0.25) is 0 Å². The Morgan fingerprint density at radius 1 is 1.41 bits per heavy atom. The zero-order valence-corrected chi connectivity index (χ0v) is 13.3. The molecule has 3 rings (SSSR count). The third-order valence-electron chi connectivity index (χ3n) is 2.80. The second-order valence-corrected chi connectivity index (χ2v) is 6.73. The molecule has 0 unspecified atom stereocenters. The fourth-order valence-electron chi connectivity index (χ4n) is 1.69. The Morgan fingerprint density at radius 2 is 2.32 bits per heavy atom. The van der Waals surface area contributed by atoms with E-state index in [2.05, 4.69) is 15.5 Å². The number of furan rings is 1. The number of nitrogens with zero attached hydrogens (tertiary/aromatic N) is 2. The minimum Gasteiger partial charge on any atom is -0.459 e. The summed E-state index contributed by atoms with van der Waals surface area (Å²) < 4.78 is 10.6. The van der Waals surface area contributed by atoms with E-state index < -0.39 is 0 Å². The van der Waals surface area contributed by atoms with Gasteiger partial charge < -0.3 is 14.2 Å². The first-order valence-electron chi connectivity index (χ1n) is 6.56. The van der Waals surface area contributed by atoms with Crippen molar-refractivity contribution in [1.29, 1.82) is 0 Å². The molecule has 3 heterocycles. The summed E-state index contributed by atoms with van der Waals surface area (Å²) >= 11 is 2.83. The number of hydrogen-bond acceptors (Lipinski definition) is 7. The smallest absolute Gasteiger partial charge is 0.284 e. The molecular weight excluding hydrogens is 322 g/mol. The average Bonchev–Trinajstić information content (AvgIpc) is 3.25. The lowest BCUT2D eigenvalue weighted by atomic mass is 10.4. The average molecular weight is 335 g/mol. The van der Waals surface area contributed by atoms with Gasteiger partial charge in [-0.1, -0.05) is 17.8 Å². The van der Waals surface area contributed by atoms with Crippen LogP contribution < -0.4 is 5.32 Å². The summed E-state index contributed by atoms with van der Waals surface area (Å²) in [6.45, 7) is 2.33. The maximum Gasteiger partial charge on any atom is 0.284 e. The molecule has 3 aromatic rings. The Labute approximate surface area is 134 Å². The van der Waals surface area contributed by atoms with Gasteiger partial charge in [0.2, 0.25) is 5.91 Å². The number of aromatic nitrogens is 2. The zero-order chi connectivity index (χ0) is 15.4. The molecule has 1 atom stereocenters. The van der Waals surface area contributed by atoms with Crippen molar-refractivity contribution in [3.05, 3.63) is 40.8 Å². The van der Waals surface area contributed by atoms with Gasteiger partial charge in [0.1, 0.15) is 0 Å². The normalized spacial score (nSPS) is 12.2. The van der Waals surface area contributed by atoms with E-state index in [0.29, 0.717) is 23.4 Å². The van der Waals surface area contributed by atoms with Crippen molar-refractivity contribution in [2.45, 2.75) is 23.9 Å². The van der Waals surface area contributed by atoms with Crippen LogP contribution in [-0.4, -0.2) is 21.4 Å². The molecule has 0 aliphatic heterocycles. The number of carbonyl (C=O) groups is 1. The van der Waals surface area contributed by atoms with Crippen LogP contribution in [0, 0.1) is 0 Å². The molecule has 0 fully saturated rings. The summed E-state index contributed by atoms with van der Waals surface area (Å²) in [5, 5.41) is 12.7. The van der Waals surface area contributed by atoms with Gasteiger partial charge in [0.25, 0.3) is 11.1 Å². The number of nitrogens with one attached hydrogen (secondary N) is 1. The van der Waals surface area contributed by atoms with Crippen molar-refractivity contribution in [2.75, 3.05) is 0 Å². The predicted octanol–water partition coefficient (Wildman–Crippen LogP) is 3.19. The first-order valence-corrected chi connectivity index (χ1v) is 8.32. The van der Waals surface area contributed by atoms with Gasteiger partial charge in [-0.05, 0) is 30.5 Å². The second kappa shape index (κ2) is 6.80. The van der Waals surface area contributed by atoms with Crippen molar-refractivity contribution >= 4 is 29.0 Å². The van der Waals surface area contributed by atoms with Gasteiger partial charge in [-0.2, -0.15) is 0 Å². The molecule has 6 nitrogen and oxygen atoms in total. The van der Waals surface area contributed by atoms with Crippen LogP contribution in [0.25, 0.3) is 11.7 Å². The quantitative estimate of drug-likeness (QED) is 0.697. The topological polar surface area (TPSA) is 81.2 Å². The highest BCUT2D eigenvalue weighted by atomic mass is 32.2. The molecular formula is C14H13N3O3S2. The molecule has 0 aromatic carbocycles. The van der Waals surface area contributed by atoms with Gasteiger partial charge in [0, 0.05) is 4.88 Å². The summed E-state index contributed by atoms with van der Waals surface area (Å²) in [5.74, 6) is 0.740. The third kappa shape index (κ3) is 3.58. The van der Waals surface area contributed by atoms with E-state index in [4.69, 9.17) is 8.83 Å². The number of hydrogen-bond donors (Lipinski definition) is 1. The minimum atomic E-state index is -0.329. The van der Waals surface area contributed by atoms with Crippen LogP contribution >= 0.6 is 23.1 Å². The fraction of sp³-hybridized carbons (Fsp3) is 0.214. The minimum absolute atomic E-state index is 0.0730.